The van der Waals surface area contributed by atoms with Crippen molar-refractivity contribution in [3.05, 3.63) is 35.4 Å². The molecule has 0 spiro atoms. The Morgan fingerprint density at radius 1 is 1.20 bits per heavy atom. The zero-order chi connectivity index (χ0) is 14.9. The van der Waals surface area contributed by atoms with Crippen LogP contribution >= 0.6 is 0 Å². The summed E-state index contributed by atoms with van der Waals surface area (Å²) in [7, 11) is 1.82. The van der Waals surface area contributed by atoms with Gasteiger partial charge in [-0.3, -0.25) is 0 Å². The Balaban J connectivity index is 2.68. The molecule has 0 saturated carbocycles. The van der Waals surface area contributed by atoms with Gasteiger partial charge in [0, 0.05) is 12.6 Å². The molecular formula is C16H20N4. The van der Waals surface area contributed by atoms with Crippen LogP contribution in [0.15, 0.2) is 24.3 Å². The summed E-state index contributed by atoms with van der Waals surface area (Å²) in [6.45, 7) is 8.25. The third-order valence-corrected chi connectivity index (χ3v) is 3.19. The molecule has 2 rings (SSSR count). The van der Waals surface area contributed by atoms with Gasteiger partial charge < -0.3 is 5.32 Å². The van der Waals surface area contributed by atoms with Crippen LogP contribution in [-0.4, -0.2) is 16.8 Å². The molecule has 2 aromatic rings. The summed E-state index contributed by atoms with van der Waals surface area (Å²) in [6.07, 6.45) is 0. The van der Waals surface area contributed by atoms with Crippen molar-refractivity contribution in [2.45, 2.75) is 33.2 Å². The second-order valence-electron chi connectivity index (χ2n) is 5.88. The molecule has 0 saturated heterocycles. The van der Waals surface area contributed by atoms with Gasteiger partial charge in [-0.25, -0.2) is 4.68 Å². The van der Waals surface area contributed by atoms with E-state index in [0.29, 0.717) is 5.56 Å². The van der Waals surface area contributed by atoms with Gasteiger partial charge in [0.1, 0.15) is 23.1 Å². The highest BCUT2D eigenvalue weighted by Gasteiger charge is 2.25. The molecule has 0 aliphatic carbocycles. The minimum atomic E-state index is -0.188. The molecule has 4 heteroatoms. The maximum absolute atomic E-state index is 9.48. The van der Waals surface area contributed by atoms with Crippen LogP contribution in [0.25, 0.3) is 11.3 Å². The van der Waals surface area contributed by atoms with E-state index in [4.69, 9.17) is 0 Å². The molecule has 104 valence electrons. The van der Waals surface area contributed by atoms with Gasteiger partial charge in [-0.05, 0) is 27.7 Å². The van der Waals surface area contributed by atoms with Crippen molar-refractivity contribution in [2.75, 3.05) is 12.4 Å². The first-order valence-electron chi connectivity index (χ1n) is 6.67. The van der Waals surface area contributed by atoms with Crippen molar-refractivity contribution in [1.82, 2.24) is 9.78 Å². The molecule has 0 aliphatic heterocycles. The van der Waals surface area contributed by atoms with E-state index in [-0.39, 0.29) is 5.54 Å². The summed E-state index contributed by atoms with van der Waals surface area (Å²) in [5, 5.41) is 17.2. The lowest BCUT2D eigenvalue weighted by Gasteiger charge is -2.21. The Labute approximate surface area is 120 Å². The molecule has 20 heavy (non-hydrogen) atoms. The molecule has 1 aromatic heterocycles. The number of benzene rings is 1. The Morgan fingerprint density at radius 2 is 1.80 bits per heavy atom. The first-order chi connectivity index (χ1) is 9.38. The van der Waals surface area contributed by atoms with Crippen LogP contribution in [0.2, 0.25) is 0 Å². The topological polar surface area (TPSA) is 53.6 Å². The molecule has 1 aromatic carbocycles. The highest BCUT2D eigenvalue weighted by Crippen LogP contribution is 2.31. The van der Waals surface area contributed by atoms with E-state index in [9.17, 15) is 5.26 Å². The number of nitriles is 1. The Morgan fingerprint density at radius 3 is 2.25 bits per heavy atom. The molecule has 0 bridgehead atoms. The van der Waals surface area contributed by atoms with Gasteiger partial charge >= 0.3 is 0 Å². The quantitative estimate of drug-likeness (QED) is 0.906. The minimum Gasteiger partial charge on any atom is -0.372 e. The van der Waals surface area contributed by atoms with Crippen LogP contribution in [0.4, 0.5) is 5.82 Å². The van der Waals surface area contributed by atoms with Crippen molar-refractivity contribution >= 4 is 5.82 Å². The van der Waals surface area contributed by atoms with E-state index in [2.05, 4.69) is 37.3 Å². The van der Waals surface area contributed by atoms with Crippen molar-refractivity contribution in [3.8, 4) is 17.3 Å². The molecular weight excluding hydrogens is 248 g/mol. The SMILES string of the molecule is CNc1c(C#N)c(-c2ccc(C)cc2)nn1C(C)(C)C. The summed E-state index contributed by atoms with van der Waals surface area (Å²) in [4.78, 5) is 0. The normalized spacial score (nSPS) is 11.2. The number of nitrogens with one attached hydrogen (secondary N) is 1. The third kappa shape index (κ3) is 2.39. The van der Waals surface area contributed by atoms with Gasteiger partial charge in [-0.15, -0.1) is 0 Å². The van der Waals surface area contributed by atoms with E-state index in [0.717, 1.165) is 17.1 Å². The summed E-state index contributed by atoms with van der Waals surface area (Å²) in [5.74, 6) is 0.760. The fraction of sp³-hybridized carbons (Fsp3) is 0.375. The Kier molecular flexibility index (Phi) is 3.54. The van der Waals surface area contributed by atoms with Crippen LogP contribution in [0, 0.1) is 18.3 Å². The summed E-state index contributed by atoms with van der Waals surface area (Å²) < 4.78 is 1.88. The molecule has 0 fully saturated rings. The van der Waals surface area contributed by atoms with Crippen LogP contribution in [0.5, 0.6) is 0 Å². The monoisotopic (exact) mass is 268 g/mol. The average molecular weight is 268 g/mol. The van der Waals surface area contributed by atoms with Gasteiger partial charge in [0.15, 0.2) is 0 Å². The Hall–Kier alpha value is -2.28. The maximum atomic E-state index is 9.48. The molecule has 4 nitrogen and oxygen atoms in total. The zero-order valence-corrected chi connectivity index (χ0v) is 12.7. The van der Waals surface area contributed by atoms with Crippen LogP contribution in [-0.2, 0) is 5.54 Å². The first kappa shape index (κ1) is 14.1. The largest absolute Gasteiger partial charge is 0.372 e. The van der Waals surface area contributed by atoms with Crippen LogP contribution in [0.1, 0.15) is 31.9 Å². The lowest BCUT2D eigenvalue weighted by Crippen LogP contribution is -2.24. The maximum Gasteiger partial charge on any atom is 0.143 e. The standard InChI is InChI=1S/C16H20N4/c1-11-6-8-12(9-7-11)14-13(10-17)15(18-5)20(19-14)16(2,3)4/h6-9,18H,1-5H3. The number of aromatic nitrogens is 2. The summed E-state index contributed by atoms with van der Waals surface area (Å²) >= 11 is 0. The van der Waals surface area contributed by atoms with Crippen LogP contribution < -0.4 is 5.32 Å². The van der Waals surface area contributed by atoms with Gasteiger partial charge in [-0.1, -0.05) is 29.8 Å². The zero-order valence-electron chi connectivity index (χ0n) is 12.7. The van der Waals surface area contributed by atoms with Crippen LogP contribution in [0.3, 0.4) is 0 Å². The summed E-state index contributed by atoms with van der Waals surface area (Å²) in [5.41, 5.74) is 3.29. The van der Waals surface area contributed by atoms with Gasteiger partial charge in [0.25, 0.3) is 0 Å². The van der Waals surface area contributed by atoms with E-state index < -0.39 is 0 Å². The number of rotatable bonds is 2. The van der Waals surface area contributed by atoms with Crippen molar-refractivity contribution in [1.29, 1.82) is 5.26 Å². The average Bonchev–Trinajstić information content (AvgIpc) is 2.77. The molecule has 0 radical (unpaired) electrons. The molecule has 1 N–H and O–H groups in total. The fourth-order valence-corrected chi connectivity index (χ4v) is 2.15. The number of hydrogen-bond acceptors (Lipinski definition) is 3. The lowest BCUT2D eigenvalue weighted by molar-refractivity contribution is 0.361. The van der Waals surface area contributed by atoms with Gasteiger partial charge in [0.2, 0.25) is 0 Å². The lowest BCUT2D eigenvalue weighted by atomic mass is 10.1. The number of anilines is 1. The molecule has 0 unspecified atom stereocenters. The number of nitrogens with zero attached hydrogens (tertiary/aromatic N) is 3. The highest BCUT2D eigenvalue weighted by molar-refractivity contribution is 5.73. The second-order valence-corrected chi connectivity index (χ2v) is 5.88. The molecule has 0 amide bonds. The molecule has 1 heterocycles. The highest BCUT2D eigenvalue weighted by atomic mass is 15.4. The minimum absolute atomic E-state index is 0.188. The first-order valence-corrected chi connectivity index (χ1v) is 6.67. The number of hydrogen-bond donors (Lipinski definition) is 1. The van der Waals surface area contributed by atoms with E-state index in [1.165, 1.54) is 5.56 Å². The predicted molar refractivity (Wildman–Crippen MR) is 81.7 cm³/mol. The van der Waals surface area contributed by atoms with Crippen molar-refractivity contribution < 1.29 is 0 Å². The van der Waals surface area contributed by atoms with E-state index in [1.807, 2.05) is 42.9 Å². The fourth-order valence-electron chi connectivity index (χ4n) is 2.15. The predicted octanol–water partition coefficient (Wildman–Crippen LogP) is 3.53. The number of aryl methyl sites for hydroxylation is 1. The third-order valence-electron chi connectivity index (χ3n) is 3.19. The van der Waals surface area contributed by atoms with E-state index in [1.54, 1.807) is 0 Å². The molecule has 0 atom stereocenters. The Bertz CT molecular complexity index is 652. The smallest absolute Gasteiger partial charge is 0.143 e. The van der Waals surface area contributed by atoms with Crippen molar-refractivity contribution in [2.24, 2.45) is 0 Å². The van der Waals surface area contributed by atoms with Gasteiger partial charge in [0.05, 0.1) is 5.54 Å². The second kappa shape index (κ2) is 5.01. The van der Waals surface area contributed by atoms with E-state index >= 15 is 0 Å². The summed E-state index contributed by atoms with van der Waals surface area (Å²) in [6, 6.07) is 10.4. The molecule has 0 aliphatic rings. The van der Waals surface area contributed by atoms with Crippen molar-refractivity contribution in [3.63, 3.8) is 0 Å². The van der Waals surface area contributed by atoms with Gasteiger partial charge in [-0.2, -0.15) is 10.4 Å².